The first-order valence-corrected chi connectivity index (χ1v) is 10.4. The molecule has 138 valence electrons. The molecule has 0 aromatic carbocycles. The number of nitrogens with zero attached hydrogens (tertiary/aromatic N) is 4. The molecule has 0 atom stereocenters. The molecule has 0 unspecified atom stereocenters. The summed E-state index contributed by atoms with van der Waals surface area (Å²) in [5.41, 5.74) is 1.95. The van der Waals surface area contributed by atoms with Gasteiger partial charge in [-0.25, -0.2) is 0 Å². The van der Waals surface area contributed by atoms with Gasteiger partial charge >= 0.3 is 0 Å². The van der Waals surface area contributed by atoms with Crippen LogP contribution in [0, 0.1) is 5.41 Å². The van der Waals surface area contributed by atoms with Crippen molar-refractivity contribution in [3.05, 3.63) is 30.1 Å². The summed E-state index contributed by atoms with van der Waals surface area (Å²) in [5, 5.41) is 0. The predicted octanol–water partition coefficient (Wildman–Crippen LogP) is 2.86. The third-order valence-corrected chi connectivity index (χ3v) is 6.72. The Kier molecular flexibility index (Phi) is 5.69. The van der Waals surface area contributed by atoms with Crippen molar-refractivity contribution >= 4 is 0 Å². The standard InChI is InChI=1S/C21H34N4/c1-2-11-23(10-1)15-16-24-13-7-21(8-14-24)6-4-12-25(19-21)18-20-5-3-9-22-17-20/h3,5,9,17H,1-2,4,6-8,10-16,18-19H2. The van der Waals surface area contributed by atoms with Crippen molar-refractivity contribution in [1.29, 1.82) is 0 Å². The van der Waals surface area contributed by atoms with Gasteiger partial charge in [0.2, 0.25) is 0 Å². The Morgan fingerprint density at radius 1 is 0.840 bits per heavy atom. The van der Waals surface area contributed by atoms with Crippen LogP contribution in [0.15, 0.2) is 24.5 Å². The average molecular weight is 343 g/mol. The van der Waals surface area contributed by atoms with Gasteiger partial charge in [0, 0.05) is 38.6 Å². The largest absolute Gasteiger partial charge is 0.302 e. The molecule has 3 aliphatic rings. The van der Waals surface area contributed by atoms with Gasteiger partial charge in [0.25, 0.3) is 0 Å². The topological polar surface area (TPSA) is 22.6 Å². The highest BCUT2D eigenvalue weighted by Gasteiger charge is 2.38. The highest BCUT2D eigenvalue weighted by Crippen LogP contribution is 2.40. The number of hydrogen-bond donors (Lipinski definition) is 0. The molecular formula is C21H34N4. The second kappa shape index (κ2) is 8.15. The van der Waals surface area contributed by atoms with Gasteiger partial charge in [-0.1, -0.05) is 6.07 Å². The van der Waals surface area contributed by atoms with E-state index < -0.39 is 0 Å². The zero-order valence-corrected chi connectivity index (χ0v) is 15.7. The van der Waals surface area contributed by atoms with Gasteiger partial charge in [-0.2, -0.15) is 0 Å². The molecule has 0 bridgehead atoms. The maximum Gasteiger partial charge on any atom is 0.0312 e. The van der Waals surface area contributed by atoms with Crippen LogP contribution >= 0.6 is 0 Å². The second-order valence-corrected chi connectivity index (χ2v) is 8.57. The molecule has 1 spiro atoms. The first kappa shape index (κ1) is 17.4. The van der Waals surface area contributed by atoms with Gasteiger partial charge < -0.3 is 9.80 Å². The van der Waals surface area contributed by atoms with Gasteiger partial charge in [0.15, 0.2) is 0 Å². The quantitative estimate of drug-likeness (QED) is 0.821. The summed E-state index contributed by atoms with van der Waals surface area (Å²) in [4.78, 5) is 12.3. The van der Waals surface area contributed by atoms with Crippen LogP contribution in [0.1, 0.15) is 44.1 Å². The van der Waals surface area contributed by atoms with Crippen LogP contribution in [0.5, 0.6) is 0 Å². The highest BCUT2D eigenvalue weighted by atomic mass is 15.2. The lowest BCUT2D eigenvalue weighted by Gasteiger charge is -2.48. The number of pyridine rings is 1. The number of hydrogen-bond acceptors (Lipinski definition) is 4. The fourth-order valence-electron chi connectivity index (χ4n) is 5.14. The summed E-state index contributed by atoms with van der Waals surface area (Å²) in [6.07, 6.45) is 12.3. The van der Waals surface area contributed by atoms with E-state index in [0.29, 0.717) is 5.41 Å². The van der Waals surface area contributed by atoms with Crippen LogP contribution in [0.2, 0.25) is 0 Å². The minimum absolute atomic E-state index is 0.588. The van der Waals surface area contributed by atoms with Crippen molar-refractivity contribution in [3.63, 3.8) is 0 Å². The molecule has 4 heteroatoms. The molecule has 4 heterocycles. The van der Waals surface area contributed by atoms with Gasteiger partial charge in [0.05, 0.1) is 0 Å². The Balaban J connectivity index is 1.25. The molecule has 0 N–H and O–H groups in total. The van der Waals surface area contributed by atoms with Gasteiger partial charge in [-0.15, -0.1) is 0 Å². The minimum atomic E-state index is 0.588. The maximum absolute atomic E-state index is 4.28. The Bertz CT molecular complexity index is 518. The fraction of sp³-hybridized carbons (Fsp3) is 0.762. The van der Waals surface area contributed by atoms with Crippen molar-refractivity contribution < 1.29 is 0 Å². The van der Waals surface area contributed by atoms with Crippen molar-refractivity contribution in [2.45, 2.75) is 45.1 Å². The molecule has 25 heavy (non-hydrogen) atoms. The van der Waals surface area contributed by atoms with E-state index in [0.717, 1.165) is 6.54 Å². The lowest BCUT2D eigenvalue weighted by molar-refractivity contribution is 0.0189. The summed E-state index contributed by atoms with van der Waals surface area (Å²) in [5.74, 6) is 0. The lowest BCUT2D eigenvalue weighted by atomic mass is 9.72. The highest BCUT2D eigenvalue weighted by molar-refractivity contribution is 5.08. The molecule has 1 aromatic heterocycles. The number of aromatic nitrogens is 1. The van der Waals surface area contributed by atoms with E-state index in [1.54, 1.807) is 0 Å². The first-order chi connectivity index (χ1) is 12.3. The second-order valence-electron chi connectivity index (χ2n) is 8.57. The number of rotatable bonds is 5. The third-order valence-electron chi connectivity index (χ3n) is 6.72. The minimum Gasteiger partial charge on any atom is -0.302 e. The average Bonchev–Trinajstić information content (AvgIpc) is 3.16. The van der Waals surface area contributed by atoms with E-state index in [2.05, 4.69) is 31.8 Å². The van der Waals surface area contributed by atoms with Crippen LogP contribution in [0.3, 0.4) is 0 Å². The van der Waals surface area contributed by atoms with Crippen LogP contribution in [0.4, 0.5) is 0 Å². The zero-order chi connectivity index (χ0) is 17.0. The Hall–Kier alpha value is -0.970. The summed E-state index contributed by atoms with van der Waals surface area (Å²) in [6.45, 7) is 11.5. The van der Waals surface area contributed by atoms with E-state index in [4.69, 9.17) is 0 Å². The van der Waals surface area contributed by atoms with Crippen LogP contribution in [-0.2, 0) is 6.54 Å². The van der Waals surface area contributed by atoms with E-state index >= 15 is 0 Å². The molecule has 3 aliphatic heterocycles. The molecule has 4 rings (SSSR count). The van der Waals surface area contributed by atoms with Gasteiger partial charge in [-0.05, 0) is 88.3 Å². The Morgan fingerprint density at radius 2 is 1.56 bits per heavy atom. The Morgan fingerprint density at radius 3 is 2.28 bits per heavy atom. The molecule has 0 saturated carbocycles. The zero-order valence-electron chi connectivity index (χ0n) is 15.7. The maximum atomic E-state index is 4.28. The molecule has 0 amide bonds. The van der Waals surface area contributed by atoms with Crippen molar-refractivity contribution in [2.24, 2.45) is 5.41 Å². The first-order valence-electron chi connectivity index (χ1n) is 10.4. The summed E-state index contributed by atoms with van der Waals surface area (Å²) < 4.78 is 0. The molecule has 0 aliphatic carbocycles. The van der Waals surface area contributed by atoms with Crippen LogP contribution in [-0.4, -0.2) is 72.0 Å². The molecule has 4 nitrogen and oxygen atoms in total. The van der Waals surface area contributed by atoms with E-state index in [1.807, 2.05) is 12.4 Å². The predicted molar refractivity (Wildman–Crippen MR) is 103 cm³/mol. The summed E-state index contributed by atoms with van der Waals surface area (Å²) >= 11 is 0. The van der Waals surface area contributed by atoms with Gasteiger partial charge in [-0.3, -0.25) is 9.88 Å². The van der Waals surface area contributed by atoms with E-state index in [9.17, 15) is 0 Å². The molecule has 0 radical (unpaired) electrons. The van der Waals surface area contributed by atoms with Crippen LogP contribution < -0.4 is 0 Å². The smallest absolute Gasteiger partial charge is 0.0312 e. The van der Waals surface area contributed by atoms with Crippen molar-refractivity contribution in [2.75, 3.05) is 52.4 Å². The third kappa shape index (κ3) is 4.60. The van der Waals surface area contributed by atoms with E-state index in [-0.39, 0.29) is 0 Å². The molecule has 3 saturated heterocycles. The molecular weight excluding hydrogens is 308 g/mol. The lowest BCUT2D eigenvalue weighted by Crippen LogP contribution is -2.50. The van der Waals surface area contributed by atoms with Crippen molar-refractivity contribution in [3.8, 4) is 0 Å². The molecule has 1 aromatic rings. The fourth-order valence-corrected chi connectivity index (χ4v) is 5.14. The van der Waals surface area contributed by atoms with Gasteiger partial charge in [0.1, 0.15) is 0 Å². The van der Waals surface area contributed by atoms with E-state index in [1.165, 1.54) is 96.4 Å². The molecule has 3 fully saturated rings. The number of piperidine rings is 2. The van der Waals surface area contributed by atoms with Crippen molar-refractivity contribution in [1.82, 2.24) is 19.7 Å². The summed E-state index contributed by atoms with van der Waals surface area (Å²) in [6, 6.07) is 4.28. The summed E-state index contributed by atoms with van der Waals surface area (Å²) in [7, 11) is 0. The monoisotopic (exact) mass is 342 g/mol. The normalized spacial score (nSPS) is 25.6. The van der Waals surface area contributed by atoms with Crippen LogP contribution in [0.25, 0.3) is 0 Å². The SMILES string of the molecule is c1cncc(CN2CCCC3(CCN(CCN4CCCC4)CC3)C2)c1. The number of likely N-dealkylation sites (tertiary alicyclic amines) is 3. The Labute approximate surface area is 153 Å².